The number of H-pyrrole nitrogens is 2. The maximum Gasteiger partial charge on any atom is 0.487 e. The van der Waals surface area contributed by atoms with Gasteiger partial charge in [-0.3, -0.25) is 28.7 Å². The molecular formula is C18H26N4O19P4S4. The number of nitrogens with one attached hydrogen (secondary N) is 2. The number of aromatic amines is 2. The fourth-order valence-corrected chi connectivity index (χ4v) is 13.1. The number of rotatable bonds is 14. The Balaban J connectivity index is 1.31. The fraction of sp³-hybridized carbons (Fsp3) is 0.556. The van der Waals surface area contributed by atoms with Crippen LogP contribution in [0.25, 0.3) is 0 Å². The van der Waals surface area contributed by atoms with Gasteiger partial charge in [0, 0.05) is 24.5 Å². The zero-order chi connectivity index (χ0) is 36.7. The van der Waals surface area contributed by atoms with Crippen molar-refractivity contribution in [1.29, 1.82) is 0 Å². The zero-order valence-electron chi connectivity index (χ0n) is 23.7. The largest absolute Gasteiger partial charge is 0.487 e. The van der Waals surface area contributed by atoms with Crippen molar-refractivity contribution in [2.75, 3.05) is 13.2 Å². The number of nitrogens with zero attached hydrogens (tertiary/aromatic N) is 2. The highest BCUT2D eigenvalue weighted by atomic mass is 32.9. The van der Waals surface area contributed by atoms with Crippen molar-refractivity contribution in [2.24, 2.45) is 0 Å². The lowest BCUT2D eigenvalue weighted by atomic mass is 10.1. The van der Waals surface area contributed by atoms with Crippen LogP contribution in [0.2, 0.25) is 0 Å². The Morgan fingerprint density at radius 1 is 0.694 bits per heavy atom. The number of ether oxygens (including phenoxy) is 2. The predicted molar refractivity (Wildman–Crippen MR) is 176 cm³/mol. The molecule has 23 nitrogen and oxygen atoms in total. The standard InChI is InChI=1S/C18H26N4O19P4S4/c23-9-1-3-21(17(29)19-9)15-13(27)11(25)7(37-15)5-35-44(46,47)40-42(31,32)39-43(33,34)41-45(48,49)36-6-8-12(26)14(28)16(38-8)22-4-2-10(24)20-18(22)30/h1-4,7-8,11-16,25-28H,5-6H2,(H,31,32)(H,33,34)(H,46,47)(H,48,49)(H,19,23,29)(H,20,24,30)/t7-,8-,11-,12-,13-,14-,15-,16-/m1/s1. The molecule has 0 spiro atoms. The molecule has 4 unspecified atom stereocenters. The minimum absolute atomic E-state index is 0.741. The third-order valence-electron chi connectivity index (χ3n) is 6.35. The summed E-state index contributed by atoms with van der Waals surface area (Å²) >= 11 is 17.4. The summed E-state index contributed by atoms with van der Waals surface area (Å²) in [5.41, 5.74) is -11.8. The van der Waals surface area contributed by atoms with Gasteiger partial charge in [-0.2, -0.15) is 4.31 Å². The summed E-state index contributed by atoms with van der Waals surface area (Å²) in [4.78, 5) is 70.7. The van der Waals surface area contributed by atoms with E-state index in [1.54, 1.807) is 0 Å². The molecule has 31 heteroatoms. The van der Waals surface area contributed by atoms with Crippen LogP contribution < -0.4 is 22.5 Å². The van der Waals surface area contributed by atoms with Crippen molar-refractivity contribution >= 4 is 75.1 Å². The molecule has 2 saturated heterocycles. The molecular weight excluding hydrogens is 828 g/mol. The highest BCUT2D eigenvalue weighted by molar-refractivity contribution is 8.61. The molecule has 0 amide bonds. The summed E-state index contributed by atoms with van der Waals surface area (Å²) in [6, 6.07) is 1.90. The molecule has 12 atom stereocenters. The van der Waals surface area contributed by atoms with Crippen LogP contribution in [0.15, 0.2) is 43.7 Å². The zero-order valence-corrected chi connectivity index (χ0v) is 30.7. The summed E-state index contributed by atoms with van der Waals surface area (Å²) in [6.07, 6.45) is -10.8. The third-order valence-corrected chi connectivity index (χ3v) is 16.1. The maximum absolute atomic E-state index is 12.5. The molecule has 4 rings (SSSR count). The number of aliphatic hydroxyl groups is 4. The van der Waals surface area contributed by atoms with E-state index < -0.39 is 112 Å². The van der Waals surface area contributed by atoms with E-state index in [4.69, 9.17) is 42.1 Å². The van der Waals surface area contributed by atoms with Gasteiger partial charge < -0.3 is 48.7 Å². The van der Waals surface area contributed by atoms with Gasteiger partial charge >= 0.3 is 27.0 Å². The SMILES string of the molecule is O=c1ccn([C@@H]2O[C@H](COP(=S)(S)OP(=O)(O)OP(=O)(O)OP(=S)(S)OC[C@H]3O[C@@H](n4ccc(=O)[nH]c4=O)[C@H](O)[C@@H]3O)[C@@H](O)[C@H]2O)c(=O)[nH]1. The minimum atomic E-state index is -5.69. The van der Waals surface area contributed by atoms with Gasteiger partial charge in [0.1, 0.15) is 36.6 Å². The van der Waals surface area contributed by atoms with Gasteiger partial charge in [0.25, 0.3) is 22.5 Å². The number of aliphatic hydroxyl groups excluding tert-OH is 4. The van der Waals surface area contributed by atoms with E-state index in [9.17, 15) is 58.5 Å². The molecule has 0 saturated carbocycles. The second kappa shape index (κ2) is 15.7. The van der Waals surface area contributed by atoms with Crippen molar-refractivity contribution in [3.63, 3.8) is 0 Å². The predicted octanol–water partition coefficient (Wildman–Crippen LogP) is -2.08. The van der Waals surface area contributed by atoms with Crippen molar-refractivity contribution in [1.82, 2.24) is 19.1 Å². The third kappa shape index (κ3) is 10.7. The van der Waals surface area contributed by atoms with E-state index in [1.807, 2.05) is 9.97 Å². The lowest BCUT2D eigenvalue weighted by molar-refractivity contribution is -0.0511. The smallest absolute Gasteiger partial charge is 0.387 e. The van der Waals surface area contributed by atoms with Crippen LogP contribution in [0.1, 0.15) is 12.5 Å². The van der Waals surface area contributed by atoms with Gasteiger partial charge in [-0.15, -0.1) is 0 Å². The minimum Gasteiger partial charge on any atom is -0.387 e. The Morgan fingerprint density at radius 2 is 1.04 bits per heavy atom. The van der Waals surface area contributed by atoms with Crippen LogP contribution in [0.3, 0.4) is 0 Å². The van der Waals surface area contributed by atoms with Crippen LogP contribution in [0.5, 0.6) is 0 Å². The summed E-state index contributed by atoms with van der Waals surface area (Å²) in [5, 5.41) is 41.3. The van der Waals surface area contributed by atoms with E-state index in [1.165, 1.54) is 0 Å². The van der Waals surface area contributed by atoms with Crippen molar-refractivity contribution in [2.45, 2.75) is 49.1 Å². The van der Waals surface area contributed by atoms with Gasteiger partial charge in [0.15, 0.2) is 12.5 Å². The Bertz CT molecular complexity index is 1840. The Kier molecular flexibility index (Phi) is 13.2. The van der Waals surface area contributed by atoms with Gasteiger partial charge in [-0.25, -0.2) is 27.3 Å². The van der Waals surface area contributed by atoms with Crippen molar-refractivity contribution < 1.29 is 70.8 Å². The van der Waals surface area contributed by atoms with E-state index >= 15 is 0 Å². The molecule has 2 fully saturated rings. The molecule has 276 valence electrons. The molecule has 0 aromatic carbocycles. The van der Waals surface area contributed by atoms with Crippen LogP contribution in [0.4, 0.5) is 0 Å². The summed E-state index contributed by atoms with van der Waals surface area (Å²) < 4.78 is 61.1. The van der Waals surface area contributed by atoms with Crippen LogP contribution in [-0.4, -0.2) is 99.2 Å². The number of hydrogen-bond donors (Lipinski definition) is 10. The van der Waals surface area contributed by atoms with Gasteiger partial charge in [-0.05, 0) is 23.6 Å². The molecule has 2 aromatic rings. The highest BCUT2D eigenvalue weighted by Crippen LogP contribution is 2.75. The van der Waals surface area contributed by atoms with E-state index in [-0.39, 0.29) is 0 Å². The first kappa shape index (κ1) is 41.1. The average Bonchev–Trinajstić information content (AvgIpc) is 3.38. The summed E-state index contributed by atoms with van der Waals surface area (Å²) in [5.74, 6) is 0. The Hall–Kier alpha value is -0.700. The monoisotopic (exact) mass is 854 g/mol. The molecule has 8 N–H and O–H groups in total. The Labute approximate surface area is 292 Å². The van der Waals surface area contributed by atoms with E-state index in [0.29, 0.717) is 0 Å². The number of phosphoric acid groups is 2. The van der Waals surface area contributed by atoms with Crippen molar-refractivity contribution in [3.8, 4) is 0 Å². The summed E-state index contributed by atoms with van der Waals surface area (Å²) in [6.45, 7) is -1.54. The fourth-order valence-electron chi connectivity index (χ4n) is 4.25. The molecule has 0 radical (unpaired) electrons. The molecule has 0 aliphatic carbocycles. The molecule has 4 heterocycles. The molecule has 0 bridgehead atoms. The lowest BCUT2D eigenvalue weighted by Gasteiger charge is -2.25. The van der Waals surface area contributed by atoms with Gasteiger partial charge in [0.2, 0.25) is 0 Å². The first-order valence-corrected chi connectivity index (χ1v) is 23.5. The molecule has 2 aliphatic heterocycles. The molecule has 2 aromatic heterocycles. The maximum atomic E-state index is 12.5. The average molecular weight is 855 g/mol. The van der Waals surface area contributed by atoms with Gasteiger partial charge in [-0.1, -0.05) is 24.5 Å². The Morgan fingerprint density at radius 3 is 1.37 bits per heavy atom. The highest BCUT2D eigenvalue weighted by Gasteiger charge is 2.48. The summed E-state index contributed by atoms with van der Waals surface area (Å²) in [7, 11) is -11.4. The molecule has 49 heavy (non-hydrogen) atoms. The van der Waals surface area contributed by atoms with Crippen LogP contribution in [0, 0.1) is 0 Å². The second-order valence-corrected chi connectivity index (χ2v) is 23.7. The first-order chi connectivity index (χ1) is 22.5. The number of thiol groups is 2. The normalized spacial score (nSPS) is 32.2. The number of hydrogen-bond acceptors (Lipinski definition) is 19. The quantitative estimate of drug-likeness (QED) is 0.0720. The first-order valence-electron chi connectivity index (χ1n) is 12.9. The van der Waals surface area contributed by atoms with Crippen molar-refractivity contribution in [3.05, 3.63) is 66.2 Å². The van der Waals surface area contributed by atoms with Crippen LogP contribution in [-0.2, 0) is 64.2 Å². The topological polar surface area (TPSA) is 330 Å². The van der Waals surface area contributed by atoms with E-state index in [2.05, 4.69) is 37.4 Å². The number of aromatic nitrogens is 4. The lowest BCUT2D eigenvalue weighted by Crippen LogP contribution is -2.37. The molecule has 2 aliphatic rings. The van der Waals surface area contributed by atoms with Gasteiger partial charge in [0.05, 0.1) is 13.2 Å². The van der Waals surface area contributed by atoms with Crippen LogP contribution >= 0.6 is 51.5 Å². The van der Waals surface area contributed by atoms with E-state index in [0.717, 1.165) is 33.7 Å². The second-order valence-electron chi connectivity index (χ2n) is 9.84.